The first-order chi connectivity index (χ1) is 16.4. The van der Waals surface area contributed by atoms with E-state index >= 15 is 0 Å². The number of nitrogens with zero attached hydrogens (tertiary/aromatic N) is 1. The fourth-order valence-electron chi connectivity index (χ4n) is 4.42. The number of carbonyl (C=O) groups is 2. The Hall–Kier alpha value is -3.10. The van der Waals surface area contributed by atoms with Crippen LogP contribution in [0.5, 0.6) is 0 Å². The maximum Gasteiger partial charge on any atom is 0.259 e. The average molecular weight is 498 g/mol. The van der Waals surface area contributed by atoms with Gasteiger partial charge >= 0.3 is 0 Å². The average Bonchev–Trinajstić information content (AvgIpc) is 3.44. The van der Waals surface area contributed by atoms with Gasteiger partial charge in [-0.1, -0.05) is 23.2 Å². The lowest BCUT2D eigenvalue weighted by Crippen LogP contribution is -2.22. The van der Waals surface area contributed by atoms with E-state index in [1.165, 1.54) is 0 Å². The molecule has 34 heavy (non-hydrogen) atoms. The number of amides is 2. The van der Waals surface area contributed by atoms with Crippen LogP contribution < -0.4 is 5.32 Å². The highest BCUT2D eigenvalue weighted by Gasteiger charge is 2.35. The van der Waals surface area contributed by atoms with E-state index in [1.54, 1.807) is 36.7 Å². The van der Waals surface area contributed by atoms with Crippen LogP contribution in [0.25, 0.3) is 33.0 Å². The zero-order chi connectivity index (χ0) is 24.0. The van der Waals surface area contributed by atoms with Crippen LogP contribution in [0, 0.1) is 0 Å². The van der Waals surface area contributed by atoms with Gasteiger partial charge in [-0.05, 0) is 43.3 Å². The number of aliphatic hydroxyl groups excluding tert-OH is 1. The van der Waals surface area contributed by atoms with Crippen molar-refractivity contribution >= 4 is 68.0 Å². The Labute approximate surface area is 204 Å². The van der Waals surface area contributed by atoms with E-state index in [4.69, 9.17) is 27.9 Å². The first kappa shape index (κ1) is 22.7. The summed E-state index contributed by atoms with van der Waals surface area (Å²) in [6.45, 7) is 2.79. The molecule has 3 N–H and O–H groups in total. The van der Waals surface area contributed by atoms with Crippen LogP contribution in [-0.2, 0) is 20.9 Å². The van der Waals surface area contributed by atoms with Crippen LogP contribution >= 0.6 is 23.2 Å². The number of benzene rings is 2. The summed E-state index contributed by atoms with van der Waals surface area (Å²) in [5.41, 5.74) is 3.20. The minimum Gasteiger partial charge on any atom is -0.389 e. The Kier molecular flexibility index (Phi) is 5.95. The van der Waals surface area contributed by atoms with Crippen LogP contribution in [0.3, 0.4) is 0 Å². The second kappa shape index (κ2) is 8.92. The van der Waals surface area contributed by atoms with E-state index in [2.05, 4.69) is 10.3 Å². The molecule has 5 rings (SSSR count). The molecular weight excluding hydrogens is 477 g/mol. The zero-order valence-corrected chi connectivity index (χ0v) is 19.7. The molecule has 2 amide bonds. The fraction of sp³-hybridized carbons (Fsp3) is 0.200. The highest BCUT2D eigenvalue weighted by molar-refractivity contribution is 6.51. The molecule has 0 saturated heterocycles. The number of hydrogen-bond donors (Lipinski definition) is 3. The van der Waals surface area contributed by atoms with Gasteiger partial charge in [-0.2, -0.15) is 0 Å². The van der Waals surface area contributed by atoms with Gasteiger partial charge < -0.3 is 19.4 Å². The molecule has 1 atom stereocenters. The molecule has 7 nitrogen and oxygen atoms in total. The summed E-state index contributed by atoms with van der Waals surface area (Å²) in [6.07, 6.45) is 2.72. The van der Waals surface area contributed by atoms with Gasteiger partial charge in [-0.3, -0.25) is 14.9 Å². The van der Waals surface area contributed by atoms with Gasteiger partial charge in [-0.25, -0.2) is 0 Å². The van der Waals surface area contributed by atoms with Crippen molar-refractivity contribution in [2.24, 2.45) is 0 Å². The number of fused-ring (bicyclic) bond motifs is 2. The summed E-state index contributed by atoms with van der Waals surface area (Å²) in [7, 11) is 0. The molecule has 1 aliphatic rings. The molecule has 2 aromatic heterocycles. The number of ether oxygens (including phenoxy) is 1. The predicted octanol–water partition coefficient (Wildman–Crippen LogP) is 4.39. The number of aromatic amines is 1. The summed E-state index contributed by atoms with van der Waals surface area (Å²) in [6, 6.07) is 10.7. The highest BCUT2D eigenvalue weighted by atomic mass is 35.5. The Morgan fingerprint density at radius 3 is 2.41 bits per heavy atom. The van der Waals surface area contributed by atoms with E-state index in [0.717, 1.165) is 16.4 Å². The van der Waals surface area contributed by atoms with Crippen molar-refractivity contribution in [1.82, 2.24) is 14.9 Å². The molecule has 0 radical (unpaired) electrons. The maximum absolute atomic E-state index is 13.1. The molecule has 0 bridgehead atoms. The summed E-state index contributed by atoms with van der Waals surface area (Å²) >= 11 is 12.5. The summed E-state index contributed by atoms with van der Waals surface area (Å²) in [5.74, 6) is -0.981. The zero-order valence-electron chi connectivity index (χ0n) is 18.2. The van der Waals surface area contributed by atoms with Crippen molar-refractivity contribution in [2.45, 2.75) is 19.6 Å². The van der Waals surface area contributed by atoms with Crippen molar-refractivity contribution in [3.8, 4) is 0 Å². The van der Waals surface area contributed by atoms with Gasteiger partial charge in [0.25, 0.3) is 11.8 Å². The minimum atomic E-state index is -0.748. The number of hydrogen-bond acceptors (Lipinski definition) is 4. The number of aromatic nitrogens is 2. The van der Waals surface area contributed by atoms with E-state index in [0.29, 0.717) is 33.2 Å². The number of H-pyrrole nitrogens is 1. The molecule has 0 saturated carbocycles. The molecule has 3 heterocycles. The fourth-order valence-corrected chi connectivity index (χ4v) is 4.77. The van der Waals surface area contributed by atoms with Gasteiger partial charge in [0, 0.05) is 62.0 Å². The number of carbonyl (C=O) groups excluding carboxylic acids is 2. The Morgan fingerprint density at radius 2 is 1.68 bits per heavy atom. The first-order valence-corrected chi connectivity index (χ1v) is 11.5. The molecule has 1 aliphatic heterocycles. The number of halogens is 2. The number of rotatable bonds is 7. The van der Waals surface area contributed by atoms with Crippen molar-refractivity contribution in [3.63, 3.8) is 0 Å². The largest absolute Gasteiger partial charge is 0.389 e. The summed E-state index contributed by atoms with van der Waals surface area (Å²) in [5, 5.41) is 15.3. The van der Waals surface area contributed by atoms with Crippen LogP contribution in [0.1, 0.15) is 18.1 Å². The van der Waals surface area contributed by atoms with E-state index in [1.807, 2.05) is 23.6 Å². The lowest BCUT2D eigenvalue weighted by Gasteiger charge is -2.12. The molecule has 174 valence electrons. The molecule has 0 fully saturated rings. The lowest BCUT2D eigenvalue weighted by molar-refractivity contribution is -0.122. The van der Waals surface area contributed by atoms with Crippen LogP contribution in [0.15, 0.2) is 48.8 Å². The Morgan fingerprint density at radius 1 is 1.00 bits per heavy atom. The smallest absolute Gasteiger partial charge is 0.259 e. The minimum absolute atomic E-state index is 0.183. The van der Waals surface area contributed by atoms with Crippen LogP contribution in [0.4, 0.5) is 0 Å². The third-order valence-corrected chi connectivity index (χ3v) is 6.35. The van der Waals surface area contributed by atoms with Crippen LogP contribution in [0.2, 0.25) is 10.0 Å². The molecular formula is C25H21Cl2N3O4. The topological polar surface area (TPSA) is 96.3 Å². The van der Waals surface area contributed by atoms with Crippen molar-refractivity contribution in [2.75, 3.05) is 13.2 Å². The van der Waals surface area contributed by atoms with Crippen molar-refractivity contribution < 1.29 is 19.4 Å². The normalized spacial score (nSPS) is 15.1. The number of nitrogens with one attached hydrogen (secondary N) is 2. The second-order valence-corrected chi connectivity index (χ2v) is 8.97. The third-order valence-electron chi connectivity index (χ3n) is 5.88. The molecule has 0 aliphatic carbocycles. The predicted molar refractivity (Wildman–Crippen MR) is 133 cm³/mol. The first-order valence-electron chi connectivity index (χ1n) is 10.8. The molecule has 4 aromatic rings. The van der Waals surface area contributed by atoms with E-state index < -0.39 is 17.9 Å². The maximum atomic E-state index is 13.1. The van der Waals surface area contributed by atoms with Crippen LogP contribution in [-0.4, -0.2) is 45.8 Å². The summed E-state index contributed by atoms with van der Waals surface area (Å²) < 4.78 is 7.18. The molecule has 1 unspecified atom stereocenters. The molecule has 9 heteroatoms. The van der Waals surface area contributed by atoms with Gasteiger partial charge in [-0.15, -0.1) is 0 Å². The number of aliphatic hydroxyl groups is 1. The third kappa shape index (κ3) is 3.91. The summed E-state index contributed by atoms with van der Waals surface area (Å²) in [4.78, 5) is 29.2. The molecule has 2 aromatic carbocycles. The lowest BCUT2D eigenvalue weighted by atomic mass is 9.95. The van der Waals surface area contributed by atoms with Gasteiger partial charge in [0.05, 0.1) is 30.4 Å². The Bertz CT molecular complexity index is 1480. The standard InChI is InChI=1S/C25H21Cl2N3O4/c1-2-34-12-15(31)10-30-11-19(17-8-14(27)4-6-21(17)30)23-22(24(32)29-25(23)33)18-9-28-20-5-3-13(26)7-16(18)20/h3-9,11,15,28,31H,2,10,12H2,1H3,(H,29,32,33). The van der Waals surface area contributed by atoms with E-state index in [-0.39, 0.29) is 24.3 Å². The SMILES string of the molecule is CCOCC(O)Cn1cc(C2=C(c3c[nH]c4ccc(Cl)cc34)C(=O)NC2=O)c2cc(Cl)ccc21. The van der Waals surface area contributed by atoms with Gasteiger partial charge in [0.15, 0.2) is 0 Å². The van der Waals surface area contributed by atoms with Crippen molar-refractivity contribution in [3.05, 3.63) is 70.0 Å². The quantitative estimate of drug-likeness (QED) is 0.330. The monoisotopic (exact) mass is 497 g/mol. The van der Waals surface area contributed by atoms with Crippen molar-refractivity contribution in [1.29, 1.82) is 0 Å². The Balaban J connectivity index is 1.72. The second-order valence-electron chi connectivity index (χ2n) is 8.10. The van der Waals surface area contributed by atoms with Gasteiger partial charge in [0.1, 0.15) is 0 Å². The number of imide groups is 1. The van der Waals surface area contributed by atoms with Gasteiger partial charge in [0.2, 0.25) is 0 Å². The molecule has 0 spiro atoms. The van der Waals surface area contributed by atoms with E-state index in [9.17, 15) is 14.7 Å². The highest BCUT2D eigenvalue weighted by Crippen LogP contribution is 2.39.